The predicted molar refractivity (Wildman–Crippen MR) is 83.0 cm³/mol. The monoisotopic (exact) mass is 319 g/mol. The average Bonchev–Trinajstić information content (AvgIpc) is 2.54. The number of phenols is 1. The third-order valence-electron chi connectivity index (χ3n) is 3.28. The van der Waals surface area contributed by atoms with Crippen molar-refractivity contribution >= 4 is 5.91 Å². The van der Waals surface area contributed by atoms with Gasteiger partial charge in [-0.25, -0.2) is 4.39 Å². The van der Waals surface area contributed by atoms with E-state index in [9.17, 15) is 14.3 Å². The number of carbonyl (C=O) groups excluding carboxylic acids is 1. The first-order chi connectivity index (χ1) is 11.0. The highest BCUT2D eigenvalue weighted by molar-refractivity contribution is 5.77. The normalized spacial score (nSPS) is 10.2. The molecule has 1 N–H and O–H groups in total. The van der Waals surface area contributed by atoms with Crippen molar-refractivity contribution in [1.29, 1.82) is 0 Å². The van der Waals surface area contributed by atoms with Crippen molar-refractivity contribution in [3.63, 3.8) is 0 Å². The zero-order chi connectivity index (χ0) is 16.8. The van der Waals surface area contributed by atoms with Crippen LogP contribution in [-0.2, 0) is 11.3 Å². The van der Waals surface area contributed by atoms with Gasteiger partial charge in [0, 0.05) is 13.6 Å². The van der Waals surface area contributed by atoms with Crippen molar-refractivity contribution in [3.05, 3.63) is 53.8 Å². The van der Waals surface area contributed by atoms with Crippen LogP contribution in [0.3, 0.4) is 0 Å². The molecular formula is C17H18FNO4. The van der Waals surface area contributed by atoms with E-state index in [0.29, 0.717) is 5.56 Å². The highest BCUT2D eigenvalue weighted by Gasteiger charge is 2.12. The fourth-order valence-corrected chi connectivity index (χ4v) is 2.00. The summed E-state index contributed by atoms with van der Waals surface area (Å²) in [6.07, 6.45) is 0. The molecule has 6 heteroatoms. The molecule has 0 bridgehead atoms. The summed E-state index contributed by atoms with van der Waals surface area (Å²) in [6.45, 7) is 0.0244. The van der Waals surface area contributed by atoms with Crippen LogP contribution >= 0.6 is 0 Å². The lowest BCUT2D eigenvalue weighted by Gasteiger charge is -2.18. The lowest BCUT2D eigenvalue weighted by atomic mass is 10.2. The van der Waals surface area contributed by atoms with Crippen LogP contribution in [0.15, 0.2) is 42.5 Å². The first kappa shape index (κ1) is 16.6. The number of halogens is 1. The molecule has 0 aliphatic rings. The maximum absolute atomic E-state index is 13.6. The standard InChI is InChI=1S/C17H18FNO4/c1-19(10-12-7-8-15(22-2)13(18)9-12)17(21)11-23-16-6-4-3-5-14(16)20/h3-9,20H,10-11H2,1-2H3. The van der Waals surface area contributed by atoms with Crippen molar-refractivity contribution < 1.29 is 23.8 Å². The van der Waals surface area contributed by atoms with Crippen LogP contribution in [-0.4, -0.2) is 36.7 Å². The smallest absolute Gasteiger partial charge is 0.260 e. The summed E-state index contributed by atoms with van der Waals surface area (Å²) in [5.74, 6) is -0.392. The van der Waals surface area contributed by atoms with Gasteiger partial charge in [0.25, 0.3) is 5.91 Å². The van der Waals surface area contributed by atoms with E-state index in [2.05, 4.69) is 0 Å². The number of carbonyl (C=O) groups is 1. The summed E-state index contributed by atoms with van der Waals surface area (Å²) in [4.78, 5) is 13.5. The fraction of sp³-hybridized carbons (Fsp3) is 0.235. The number of benzene rings is 2. The minimum absolute atomic E-state index is 0.0276. The van der Waals surface area contributed by atoms with Crippen molar-refractivity contribution in [1.82, 2.24) is 4.90 Å². The Bertz CT molecular complexity index is 690. The fourth-order valence-electron chi connectivity index (χ4n) is 2.00. The second-order valence-corrected chi connectivity index (χ2v) is 4.98. The molecule has 0 radical (unpaired) electrons. The largest absolute Gasteiger partial charge is 0.504 e. The number of para-hydroxylation sites is 2. The van der Waals surface area contributed by atoms with E-state index in [1.807, 2.05) is 0 Å². The molecule has 0 fully saturated rings. The molecule has 122 valence electrons. The number of methoxy groups -OCH3 is 1. The quantitative estimate of drug-likeness (QED) is 0.889. The molecule has 0 aromatic heterocycles. The van der Waals surface area contributed by atoms with Gasteiger partial charge in [-0.2, -0.15) is 0 Å². The SMILES string of the molecule is COc1ccc(CN(C)C(=O)COc2ccccc2O)cc1F. The average molecular weight is 319 g/mol. The molecule has 2 aromatic carbocycles. The van der Waals surface area contributed by atoms with Gasteiger partial charge in [0.1, 0.15) is 0 Å². The van der Waals surface area contributed by atoms with E-state index < -0.39 is 5.82 Å². The van der Waals surface area contributed by atoms with Gasteiger partial charge in [-0.1, -0.05) is 18.2 Å². The van der Waals surface area contributed by atoms with Crippen LogP contribution in [0.1, 0.15) is 5.56 Å². The maximum atomic E-state index is 13.6. The highest BCUT2D eigenvalue weighted by Crippen LogP contribution is 2.24. The minimum Gasteiger partial charge on any atom is -0.504 e. The molecule has 0 unspecified atom stereocenters. The Morgan fingerprint density at radius 3 is 2.61 bits per heavy atom. The zero-order valence-electron chi connectivity index (χ0n) is 13.0. The van der Waals surface area contributed by atoms with Gasteiger partial charge >= 0.3 is 0 Å². The third kappa shape index (κ3) is 4.35. The van der Waals surface area contributed by atoms with Gasteiger partial charge in [0.05, 0.1) is 7.11 Å². The Morgan fingerprint density at radius 1 is 1.22 bits per heavy atom. The summed E-state index contributed by atoms with van der Waals surface area (Å²) in [7, 11) is 2.99. The molecule has 0 atom stereocenters. The van der Waals surface area contributed by atoms with Crippen molar-refractivity contribution in [2.24, 2.45) is 0 Å². The molecule has 5 nitrogen and oxygen atoms in total. The molecule has 0 aliphatic heterocycles. The Hall–Kier alpha value is -2.76. The molecule has 0 aliphatic carbocycles. The molecular weight excluding hydrogens is 301 g/mol. The summed E-state index contributed by atoms with van der Waals surface area (Å²) >= 11 is 0. The number of nitrogens with zero attached hydrogens (tertiary/aromatic N) is 1. The number of aromatic hydroxyl groups is 1. The predicted octanol–water partition coefficient (Wildman–Crippen LogP) is 2.58. The molecule has 0 saturated carbocycles. The lowest BCUT2D eigenvalue weighted by molar-refractivity contribution is -0.132. The number of likely N-dealkylation sites (N-methyl/N-ethyl adjacent to an activating group) is 1. The second kappa shape index (κ2) is 7.49. The molecule has 0 spiro atoms. The Labute approximate surface area is 133 Å². The summed E-state index contributed by atoms with van der Waals surface area (Å²) in [6, 6.07) is 10.9. The number of amides is 1. The van der Waals surface area contributed by atoms with Crippen molar-refractivity contribution in [3.8, 4) is 17.2 Å². The third-order valence-corrected chi connectivity index (χ3v) is 3.28. The molecule has 23 heavy (non-hydrogen) atoms. The van der Waals surface area contributed by atoms with E-state index >= 15 is 0 Å². The van der Waals surface area contributed by atoms with Gasteiger partial charge in [0.15, 0.2) is 29.7 Å². The molecule has 1 amide bonds. The first-order valence-corrected chi connectivity index (χ1v) is 6.98. The Morgan fingerprint density at radius 2 is 1.96 bits per heavy atom. The van der Waals surface area contributed by atoms with E-state index in [4.69, 9.17) is 9.47 Å². The zero-order valence-corrected chi connectivity index (χ0v) is 13.0. The van der Waals surface area contributed by atoms with Crippen LogP contribution in [0, 0.1) is 5.82 Å². The Balaban J connectivity index is 1.92. The topological polar surface area (TPSA) is 59.0 Å². The maximum Gasteiger partial charge on any atom is 0.260 e. The van der Waals surface area contributed by atoms with Gasteiger partial charge in [-0.15, -0.1) is 0 Å². The molecule has 2 aromatic rings. The van der Waals surface area contributed by atoms with Crippen LogP contribution in [0.25, 0.3) is 0 Å². The van der Waals surface area contributed by atoms with E-state index in [-0.39, 0.29) is 36.3 Å². The number of phenolic OH excluding ortho intramolecular Hbond substituents is 1. The number of rotatable bonds is 6. The van der Waals surface area contributed by atoms with Crippen LogP contribution in [0.4, 0.5) is 4.39 Å². The van der Waals surface area contributed by atoms with Crippen LogP contribution in [0.5, 0.6) is 17.2 Å². The summed E-state index contributed by atoms with van der Waals surface area (Å²) in [5.41, 5.74) is 0.640. The highest BCUT2D eigenvalue weighted by atomic mass is 19.1. The van der Waals surface area contributed by atoms with Crippen LogP contribution in [0.2, 0.25) is 0 Å². The molecule has 0 saturated heterocycles. The van der Waals surface area contributed by atoms with Gasteiger partial charge in [-0.3, -0.25) is 4.79 Å². The van der Waals surface area contributed by atoms with E-state index in [1.165, 1.54) is 30.2 Å². The summed E-state index contributed by atoms with van der Waals surface area (Å²) < 4.78 is 23.8. The first-order valence-electron chi connectivity index (χ1n) is 6.98. The lowest BCUT2D eigenvalue weighted by Crippen LogP contribution is -2.31. The Kier molecular flexibility index (Phi) is 5.41. The number of hydrogen-bond acceptors (Lipinski definition) is 4. The van der Waals surface area contributed by atoms with E-state index in [1.54, 1.807) is 31.3 Å². The van der Waals surface area contributed by atoms with Crippen molar-refractivity contribution in [2.75, 3.05) is 20.8 Å². The van der Waals surface area contributed by atoms with Gasteiger partial charge < -0.3 is 19.5 Å². The minimum atomic E-state index is -0.476. The molecule has 2 rings (SSSR count). The second-order valence-electron chi connectivity index (χ2n) is 4.98. The number of ether oxygens (including phenoxy) is 2. The van der Waals surface area contributed by atoms with Gasteiger partial charge in [0.2, 0.25) is 0 Å². The number of hydrogen-bond donors (Lipinski definition) is 1. The molecule has 0 heterocycles. The van der Waals surface area contributed by atoms with Crippen LogP contribution < -0.4 is 9.47 Å². The van der Waals surface area contributed by atoms with Crippen molar-refractivity contribution in [2.45, 2.75) is 6.54 Å². The summed E-state index contributed by atoms with van der Waals surface area (Å²) in [5, 5.41) is 9.57. The van der Waals surface area contributed by atoms with E-state index in [0.717, 1.165) is 0 Å². The van der Waals surface area contributed by atoms with Gasteiger partial charge in [-0.05, 0) is 29.8 Å².